The van der Waals surface area contributed by atoms with Crippen LogP contribution in [0.1, 0.15) is 0 Å². The molecule has 0 atom stereocenters. The minimum absolute atomic E-state index is 0.572. The van der Waals surface area contributed by atoms with Crippen LogP contribution in [0.25, 0.3) is 99.7 Å². The normalized spacial score (nSPS) is 11.9. The molecule has 0 saturated heterocycles. The van der Waals surface area contributed by atoms with E-state index in [4.69, 9.17) is 26.0 Å². The molecule has 4 heterocycles. The third kappa shape index (κ3) is 4.30. The molecular formula is C46H27ClN4O. The molecule has 0 aliphatic rings. The van der Waals surface area contributed by atoms with Crippen LogP contribution in [0.15, 0.2) is 168 Å². The van der Waals surface area contributed by atoms with Crippen LogP contribution < -0.4 is 0 Å². The zero-order chi connectivity index (χ0) is 34.3. The second-order valence-electron chi connectivity index (χ2n) is 13.2. The number of halogens is 1. The second kappa shape index (κ2) is 11.2. The van der Waals surface area contributed by atoms with E-state index in [9.17, 15) is 0 Å². The van der Waals surface area contributed by atoms with Gasteiger partial charge in [0.25, 0.3) is 0 Å². The van der Waals surface area contributed by atoms with Gasteiger partial charge in [-0.2, -0.15) is 0 Å². The highest BCUT2D eigenvalue weighted by Gasteiger charge is 2.22. The van der Waals surface area contributed by atoms with Gasteiger partial charge in [0.05, 0.1) is 22.1 Å². The van der Waals surface area contributed by atoms with Crippen LogP contribution in [-0.4, -0.2) is 19.1 Å². The van der Waals surface area contributed by atoms with Crippen LogP contribution in [0.3, 0.4) is 0 Å². The molecule has 0 spiro atoms. The van der Waals surface area contributed by atoms with Crippen molar-refractivity contribution in [3.8, 4) is 34.0 Å². The highest BCUT2D eigenvalue weighted by Crippen LogP contribution is 2.40. The second-order valence-corrected chi connectivity index (χ2v) is 13.6. The highest BCUT2D eigenvalue weighted by atomic mass is 35.5. The monoisotopic (exact) mass is 686 g/mol. The molecule has 4 aromatic heterocycles. The van der Waals surface area contributed by atoms with Gasteiger partial charge in [0, 0.05) is 43.2 Å². The van der Waals surface area contributed by atoms with Crippen molar-refractivity contribution in [1.29, 1.82) is 0 Å². The van der Waals surface area contributed by atoms with E-state index in [-0.39, 0.29) is 0 Å². The van der Waals surface area contributed by atoms with Gasteiger partial charge in [-0.25, -0.2) is 9.97 Å². The lowest BCUT2D eigenvalue weighted by atomic mass is 10.0. The van der Waals surface area contributed by atoms with Gasteiger partial charge in [0.15, 0.2) is 5.58 Å². The van der Waals surface area contributed by atoms with Gasteiger partial charge in [0.1, 0.15) is 16.8 Å². The quantitative estimate of drug-likeness (QED) is 0.185. The number of hydrogen-bond acceptors (Lipinski definition) is 3. The third-order valence-corrected chi connectivity index (χ3v) is 10.4. The van der Waals surface area contributed by atoms with E-state index in [1.165, 1.54) is 21.8 Å². The Morgan fingerprint density at radius 3 is 1.71 bits per heavy atom. The summed E-state index contributed by atoms with van der Waals surface area (Å²) in [6, 6.07) is 57.0. The minimum atomic E-state index is 0.572. The molecule has 11 rings (SSSR count). The number of hydrogen-bond donors (Lipinski definition) is 0. The molecule has 0 aliphatic carbocycles. The number of fused-ring (bicyclic) bond motifs is 9. The minimum Gasteiger partial charge on any atom is -0.452 e. The predicted octanol–water partition coefficient (Wildman–Crippen LogP) is 12.6. The SMILES string of the molecule is Clc1ccc2oc3c(-c4ccccc4)nc(-n4c5ccccc5c5cc(-c6ccc7c(c6)c6ccccc6n7-c6ccccc6)ccc54)nc3c2c1. The lowest BCUT2D eigenvalue weighted by molar-refractivity contribution is 0.666. The fourth-order valence-electron chi connectivity index (χ4n) is 7.87. The first kappa shape index (κ1) is 29.1. The van der Waals surface area contributed by atoms with E-state index >= 15 is 0 Å². The molecule has 0 aliphatic heterocycles. The molecule has 0 unspecified atom stereocenters. The van der Waals surface area contributed by atoms with Crippen molar-refractivity contribution >= 4 is 77.3 Å². The van der Waals surface area contributed by atoms with Crippen LogP contribution in [0.5, 0.6) is 0 Å². The van der Waals surface area contributed by atoms with Crippen molar-refractivity contribution in [2.75, 3.05) is 0 Å². The molecule has 7 aromatic carbocycles. The molecule has 5 nitrogen and oxygen atoms in total. The molecule has 0 radical (unpaired) electrons. The van der Waals surface area contributed by atoms with Crippen molar-refractivity contribution in [2.45, 2.75) is 0 Å². The predicted molar refractivity (Wildman–Crippen MR) is 214 cm³/mol. The maximum absolute atomic E-state index is 6.49. The van der Waals surface area contributed by atoms with E-state index in [0.29, 0.717) is 16.6 Å². The van der Waals surface area contributed by atoms with Gasteiger partial charge in [-0.3, -0.25) is 4.57 Å². The number of benzene rings is 7. The van der Waals surface area contributed by atoms with E-state index in [2.05, 4.69) is 137 Å². The largest absolute Gasteiger partial charge is 0.452 e. The number of nitrogens with zero attached hydrogens (tertiary/aromatic N) is 4. The first-order valence-electron chi connectivity index (χ1n) is 17.3. The van der Waals surface area contributed by atoms with Gasteiger partial charge >= 0.3 is 0 Å². The topological polar surface area (TPSA) is 48.8 Å². The summed E-state index contributed by atoms with van der Waals surface area (Å²) in [7, 11) is 0. The van der Waals surface area contributed by atoms with Crippen LogP contribution in [0.4, 0.5) is 0 Å². The first-order chi connectivity index (χ1) is 25.7. The molecule has 11 aromatic rings. The van der Waals surface area contributed by atoms with Gasteiger partial charge in [-0.15, -0.1) is 0 Å². The molecule has 52 heavy (non-hydrogen) atoms. The molecule has 0 N–H and O–H groups in total. The van der Waals surface area contributed by atoms with E-state index in [1.807, 2.05) is 36.4 Å². The molecule has 6 heteroatoms. The molecule has 0 bridgehead atoms. The Hall–Kier alpha value is -6.69. The average Bonchev–Trinajstić information content (AvgIpc) is 3.85. The zero-order valence-corrected chi connectivity index (χ0v) is 28.4. The third-order valence-electron chi connectivity index (χ3n) is 10.2. The summed E-state index contributed by atoms with van der Waals surface area (Å²) >= 11 is 6.49. The number of para-hydroxylation sites is 3. The standard InChI is InChI=1S/C46H27ClN4O/c47-31-21-24-42-37(27-31)44-45(52-42)43(28-11-3-1-4-12-28)48-46(49-44)51-39-18-10-8-16-34(39)36-26-30(20-23-41(36)51)29-19-22-40-35(25-29)33-15-7-9-17-38(33)50(40)32-13-5-2-6-14-32/h1-27H. The van der Waals surface area contributed by atoms with Crippen molar-refractivity contribution in [3.63, 3.8) is 0 Å². The number of furan rings is 1. The summed E-state index contributed by atoms with van der Waals surface area (Å²) < 4.78 is 10.9. The fourth-order valence-corrected chi connectivity index (χ4v) is 8.04. The summed E-state index contributed by atoms with van der Waals surface area (Å²) in [4.78, 5) is 10.4. The van der Waals surface area contributed by atoms with Crippen molar-refractivity contribution in [1.82, 2.24) is 19.1 Å². The Labute approximate surface area is 302 Å². The molecule has 0 fully saturated rings. The maximum Gasteiger partial charge on any atom is 0.236 e. The first-order valence-corrected chi connectivity index (χ1v) is 17.7. The molecule has 244 valence electrons. The highest BCUT2D eigenvalue weighted by molar-refractivity contribution is 6.31. The Balaban J connectivity index is 1.14. The summed E-state index contributed by atoms with van der Waals surface area (Å²) in [6.07, 6.45) is 0. The van der Waals surface area contributed by atoms with Crippen LogP contribution in [-0.2, 0) is 0 Å². The van der Waals surface area contributed by atoms with Gasteiger partial charge in [0.2, 0.25) is 5.95 Å². The van der Waals surface area contributed by atoms with Crippen molar-refractivity contribution in [3.05, 3.63) is 169 Å². The lowest BCUT2D eigenvalue weighted by Crippen LogP contribution is -2.02. The number of rotatable bonds is 4. The maximum atomic E-state index is 6.49. The van der Waals surface area contributed by atoms with Crippen LogP contribution >= 0.6 is 11.6 Å². The fraction of sp³-hybridized carbons (Fsp3) is 0. The van der Waals surface area contributed by atoms with Crippen LogP contribution in [0, 0.1) is 0 Å². The Kier molecular flexibility index (Phi) is 6.24. The summed E-state index contributed by atoms with van der Waals surface area (Å²) in [5.41, 5.74) is 11.7. The Morgan fingerprint density at radius 2 is 1.02 bits per heavy atom. The lowest BCUT2D eigenvalue weighted by Gasteiger charge is -2.10. The van der Waals surface area contributed by atoms with E-state index < -0.39 is 0 Å². The number of aromatic nitrogens is 4. The molecular weight excluding hydrogens is 660 g/mol. The van der Waals surface area contributed by atoms with Gasteiger partial charge < -0.3 is 8.98 Å². The van der Waals surface area contributed by atoms with Gasteiger partial charge in [-0.1, -0.05) is 109 Å². The van der Waals surface area contributed by atoms with E-state index in [0.717, 1.165) is 66.4 Å². The Morgan fingerprint density at radius 1 is 0.442 bits per heavy atom. The summed E-state index contributed by atoms with van der Waals surface area (Å²) in [6.45, 7) is 0. The summed E-state index contributed by atoms with van der Waals surface area (Å²) in [5, 5.41) is 6.20. The van der Waals surface area contributed by atoms with Crippen molar-refractivity contribution < 1.29 is 4.42 Å². The Bertz CT molecular complexity index is 3190. The van der Waals surface area contributed by atoms with E-state index in [1.54, 1.807) is 0 Å². The van der Waals surface area contributed by atoms with Gasteiger partial charge in [-0.05, 0) is 77.9 Å². The summed E-state index contributed by atoms with van der Waals surface area (Å²) in [5.74, 6) is 0.572. The van der Waals surface area contributed by atoms with Crippen molar-refractivity contribution in [2.24, 2.45) is 0 Å². The smallest absolute Gasteiger partial charge is 0.236 e. The molecule has 0 amide bonds. The van der Waals surface area contributed by atoms with Crippen LogP contribution in [0.2, 0.25) is 5.02 Å². The molecule has 0 saturated carbocycles. The zero-order valence-electron chi connectivity index (χ0n) is 27.7. The average molecular weight is 687 g/mol.